The van der Waals surface area contributed by atoms with Crippen molar-refractivity contribution in [3.8, 4) is 0 Å². The van der Waals surface area contributed by atoms with Gasteiger partial charge in [0.25, 0.3) is 0 Å². The second kappa shape index (κ2) is 9.91. The number of anilines is 3. The molecule has 0 saturated carbocycles. The van der Waals surface area contributed by atoms with Crippen LogP contribution in [0.15, 0.2) is 65.8 Å². The number of nitrogens with zero attached hydrogens (tertiary/aromatic N) is 1. The molecule has 3 rings (SSSR count). The largest absolute Gasteiger partial charge is 0.355 e. The van der Waals surface area contributed by atoms with Gasteiger partial charge in [-0.25, -0.2) is 5.43 Å². The van der Waals surface area contributed by atoms with Crippen LogP contribution in [0.25, 0.3) is 0 Å². The zero-order chi connectivity index (χ0) is 22.4. The number of amides is 2. The van der Waals surface area contributed by atoms with Gasteiger partial charge < -0.3 is 10.6 Å². The molecule has 0 aliphatic carbocycles. The predicted molar refractivity (Wildman–Crippen MR) is 126 cm³/mol. The molecule has 158 valence electrons. The van der Waals surface area contributed by atoms with Crippen LogP contribution in [0.1, 0.15) is 22.3 Å². The lowest BCUT2D eigenvalue weighted by molar-refractivity contribution is -0.136. The van der Waals surface area contributed by atoms with Crippen molar-refractivity contribution in [3.63, 3.8) is 0 Å². The molecule has 0 unspecified atom stereocenters. The first kappa shape index (κ1) is 22.1. The van der Waals surface area contributed by atoms with Crippen molar-refractivity contribution in [2.75, 3.05) is 10.6 Å². The number of hydrazone groups is 1. The molecule has 0 spiro atoms. The van der Waals surface area contributed by atoms with Gasteiger partial charge in [-0.1, -0.05) is 35.9 Å². The Morgan fingerprint density at radius 3 is 2.42 bits per heavy atom. The molecule has 6 nitrogen and oxygen atoms in total. The third kappa shape index (κ3) is 6.17. The number of nitrogens with one attached hydrogen (secondary N) is 3. The van der Waals surface area contributed by atoms with Crippen LogP contribution in [0, 0.1) is 20.8 Å². The summed E-state index contributed by atoms with van der Waals surface area (Å²) in [5.41, 5.74) is 8.36. The van der Waals surface area contributed by atoms with E-state index in [0.29, 0.717) is 16.3 Å². The average Bonchev–Trinajstić information content (AvgIpc) is 2.72. The number of aryl methyl sites for hydroxylation is 3. The molecule has 2 amide bonds. The van der Waals surface area contributed by atoms with Crippen molar-refractivity contribution >= 4 is 46.7 Å². The van der Waals surface area contributed by atoms with Crippen LogP contribution >= 0.6 is 11.6 Å². The Kier molecular flexibility index (Phi) is 7.05. The Labute approximate surface area is 186 Å². The van der Waals surface area contributed by atoms with Crippen LogP contribution in [0.2, 0.25) is 5.02 Å². The molecule has 3 aromatic rings. The molecule has 0 saturated heterocycles. The summed E-state index contributed by atoms with van der Waals surface area (Å²) in [6.07, 6.45) is 1.44. The zero-order valence-corrected chi connectivity index (χ0v) is 18.2. The maximum atomic E-state index is 12.1. The van der Waals surface area contributed by atoms with Gasteiger partial charge in [0, 0.05) is 27.6 Å². The average molecular weight is 435 g/mol. The number of carbonyl (C=O) groups excluding carboxylic acids is 2. The highest BCUT2D eigenvalue weighted by molar-refractivity contribution is 6.39. The first-order chi connectivity index (χ1) is 14.8. The molecule has 0 radical (unpaired) electrons. The zero-order valence-electron chi connectivity index (χ0n) is 17.5. The van der Waals surface area contributed by atoms with Crippen molar-refractivity contribution in [3.05, 3.63) is 87.9 Å². The van der Waals surface area contributed by atoms with E-state index in [1.54, 1.807) is 30.3 Å². The van der Waals surface area contributed by atoms with E-state index in [1.165, 1.54) is 6.21 Å². The van der Waals surface area contributed by atoms with Crippen LogP contribution in [-0.2, 0) is 9.59 Å². The van der Waals surface area contributed by atoms with Gasteiger partial charge in [-0.15, -0.1) is 0 Å². The van der Waals surface area contributed by atoms with E-state index in [-0.39, 0.29) is 0 Å². The molecule has 0 atom stereocenters. The van der Waals surface area contributed by atoms with Gasteiger partial charge in [0.15, 0.2) is 0 Å². The van der Waals surface area contributed by atoms with E-state index in [1.807, 2.05) is 51.1 Å². The fraction of sp³-hybridized carbons (Fsp3) is 0.125. The van der Waals surface area contributed by atoms with Gasteiger partial charge >= 0.3 is 11.8 Å². The van der Waals surface area contributed by atoms with Gasteiger partial charge in [0.1, 0.15) is 0 Å². The lowest BCUT2D eigenvalue weighted by Gasteiger charge is -2.13. The summed E-state index contributed by atoms with van der Waals surface area (Å²) < 4.78 is 0. The van der Waals surface area contributed by atoms with Gasteiger partial charge in [-0.2, -0.15) is 5.10 Å². The van der Waals surface area contributed by atoms with E-state index >= 15 is 0 Å². The molecule has 3 aromatic carbocycles. The summed E-state index contributed by atoms with van der Waals surface area (Å²) in [5.74, 6) is -1.67. The fourth-order valence-corrected chi connectivity index (χ4v) is 3.07. The minimum absolute atomic E-state index is 0.525. The van der Waals surface area contributed by atoms with Crippen LogP contribution in [0.3, 0.4) is 0 Å². The third-order valence-corrected chi connectivity index (χ3v) is 4.76. The molecule has 0 aliphatic heterocycles. The van der Waals surface area contributed by atoms with E-state index in [0.717, 1.165) is 28.1 Å². The maximum absolute atomic E-state index is 12.1. The monoisotopic (exact) mass is 434 g/mol. The van der Waals surface area contributed by atoms with Crippen molar-refractivity contribution in [1.29, 1.82) is 0 Å². The molecule has 31 heavy (non-hydrogen) atoms. The van der Waals surface area contributed by atoms with Crippen LogP contribution in [0.4, 0.5) is 17.1 Å². The van der Waals surface area contributed by atoms with Crippen LogP contribution in [-0.4, -0.2) is 18.0 Å². The summed E-state index contributed by atoms with van der Waals surface area (Å²) in [6.45, 7) is 5.93. The van der Waals surface area contributed by atoms with E-state index < -0.39 is 11.8 Å². The van der Waals surface area contributed by atoms with Crippen molar-refractivity contribution in [2.24, 2.45) is 5.10 Å². The lowest BCUT2D eigenvalue weighted by atomic mass is 10.1. The standard InChI is InChI=1S/C24H23ClN4O2/c1-15-5-4-6-20(11-15)27-23(30)24(31)29-26-14-18-13-19(25)9-10-21(18)28-22-12-16(2)7-8-17(22)3/h4-14,28H,1-3H3,(H,27,30)(H,29,31)/b26-14-. The highest BCUT2D eigenvalue weighted by Crippen LogP contribution is 2.26. The molecule has 7 heteroatoms. The Hall–Kier alpha value is -3.64. The summed E-state index contributed by atoms with van der Waals surface area (Å²) in [7, 11) is 0. The molecule has 3 N–H and O–H groups in total. The highest BCUT2D eigenvalue weighted by Gasteiger charge is 2.13. The second-order valence-corrected chi connectivity index (χ2v) is 7.63. The minimum atomic E-state index is -0.871. The van der Waals surface area contributed by atoms with E-state index in [4.69, 9.17) is 11.6 Å². The van der Waals surface area contributed by atoms with Gasteiger partial charge in [0.05, 0.1) is 6.21 Å². The van der Waals surface area contributed by atoms with Crippen molar-refractivity contribution in [2.45, 2.75) is 20.8 Å². The second-order valence-electron chi connectivity index (χ2n) is 7.20. The smallest absolute Gasteiger partial charge is 0.329 e. The summed E-state index contributed by atoms with van der Waals surface area (Å²) in [4.78, 5) is 24.1. The summed E-state index contributed by atoms with van der Waals surface area (Å²) >= 11 is 6.13. The number of hydrogen-bond donors (Lipinski definition) is 3. The first-order valence-corrected chi connectivity index (χ1v) is 10.0. The number of carbonyl (C=O) groups is 2. The molecule has 0 fully saturated rings. The maximum Gasteiger partial charge on any atom is 0.329 e. The number of hydrogen-bond acceptors (Lipinski definition) is 4. The van der Waals surface area contributed by atoms with Crippen molar-refractivity contribution in [1.82, 2.24) is 5.43 Å². The van der Waals surface area contributed by atoms with Crippen molar-refractivity contribution < 1.29 is 9.59 Å². The van der Waals surface area contributed by atoms with Gasteiger partial charge in [0.2, 0.25) is 0 Å². The summed E-state index contributed by atoms with van der Waals surface area (Å²) in [5, 5.41) is 10.3. The number of halogens is 1. The van der Waals surface area contributed by atoms with Gasteiger partial charge in [-0.05, 0) is 73.9 Å². The number of rotatable bonds is 5. The van der Waals surface area contributed by atoms with Gasteiger partial charge in [-0.3, -0.25) is 9.59 Å². The predicted octanol–water partition coefficient (Wildman–Crippen LogP) is 5.10. The Morgan fingerprint density at radius 1 is 0.871 bits per heavy atom. The first-order valence-electron chi connectivity index (χ1n) is 9.67. The summed E-state index contributed by atoms with van der Waals surface area (Å²) in [6, 6.07) is 18.6. The molecular formula is C24H23ClN4O2. The number of benzene rings is 3. The lowest BCUT2D eigenvalue weighted by Crippen LogP contribution is -2.32. The van der Waals surface area contributed by atoms with E-state index in [9.17, 15) is 9.59 Å². The minimum Gasteiger partial charge on any atom is -0.355 e. The molecule has 0 heterocycles. The molecule has 0 bridgehead atoms. The SMILES string of the molecule is Cc1cccc(NC(=O)C(=O)N/N=C\c2cc(Cl)ccc2Nc2cc(C)ccc2C)c1. The fourth-order valence-electron chi connectivity index (χ4n) is 2.89. The molecule has 0 aliphatic rings. The molecule has 0 aromatic heterocycles. The normalized spacial score (nSPS) is 10.7. The highest BCUT2D eigenvalue weighted by atomic mass is 35.5. The molecular weight excluding hydrogens is 412 g/mol. The van der Waals surface area contributed by atoms with Crippen LogP contribution in [0.5, 0.6) is 0 Å². The van der Waals surface area contributed by atoms with Crippen LogP contribution < -0.4 is 16.1 Å². The Bertz CT molecular complexity index is 1160. The Balaban J connectivity index is 1.70. The topological polar surface area (TPSA) is 82.6 Å². The van der Waals surface area contributed by atoms with E-state index in [2.05, 4.69) is 21.2 Å². The third-order valence-electron chi connectivity index (χ3n) is 4.53. The Morgan fingerprint density at radius 2 is 1.65 bits per heavy atom. The quantitative estimate of drug-likeness (QED) is 0.297.